The minimum absolute atomic E-state index is 0.180. The molecule has 0 aliphatic carbocycles. The van der Waals surface area contributed by atoms with E-state index >= 15 is 0 Å². The molecule has 2 aromatic carbocycles. The number of aliphatic imine (C=N–C) groups is 1. The van der Waals surface area contributed by atoms with Gasteiger partial charge in [-0.1, -0.05) is 60.3 Å². The molecule has 132 valence electrons. The number of thioether (sulfide) groups is 1. The van der Waals surface area contributed by atoms with Crippen LogP contribution in [0.2, 0.25) is 0 Å². The van der Waals surface area contributed by atoms with E-state index in [1.165, 1.54) is 11.8 Å². The summed E-state index contributed by atoms with van der Waals surface area (Å²) in [6.07, 6.45) is 1.73. The summed E-state index contributed by atoms with van der Waals surface area (Å²) < 4.78 is 10.4. The van der Waals surface area contributed by atoms with E-state index in [1.54, 1.807) is 25.1 Å². The number of carbonyl (C=O) groups is 2. The van der Waals surface area contributed by atoms with Crippen molar-refractivity contribution in [3.63, 3.8) is 0 Å². The number of esters is 1. The first-order valence-corrected chi connectivity index (χ1v) is 8.94. The van der Waals surface area contributed by atoms with Crippen molar-refractivity contribution < 1.29 is 19.1 Å². The number of benzene rings is 2. The van der Waals surface area contributed by atoms with Crippen molar-refractivity contribution in [3.05, 3.63) is 70.6 Å². The SMILES string of the molecule is CCOC(=O)COc1ccccc1/C=C1\SC(c2ccccc2)=NC1=O. The summed E-state index contributed by atoms with van der Waals surface area (Å²) in [5.74, 6) is -0.209. The zero-order chi connectivity index (χ0) is 18.4. The standard InChI is InChI=1S/C20H17NO4S/c1-2-24-18(22)13-25-16-11-7-6-10-15(16)12-17-19(23)21-20(26-17)14-8-4-3-5-9-14/h3-12H,2,13H2,1H3/b17-12-. The van der Waals surface area contributed by atoms with E-state index in [0.29, 0.717) is 27.9 Å². The molecule has 5 nitrogen and oxygen atoms in total. The molecule has 0 fully saturated rings. The second-order valence-electron chi connectivity index (χ2n) is 5.33. The summed E-state index contributed by atoms with van der Waals surface area (Å²) >= 11 is 1.32. The van der Waals surface area contributed by atoms with Gasteiger partial charge in [0.2, 0.25) is 0 Å². The number of hydrogen-bond acceptors (Lipinski definition) is 5. The van der Waals surface area contributed by atoms with Crippen LogP contribution in [0.15, 0.2) is 64.5 Å². The van der Waals surface area contributed by atoms with Crippen molar-refractivity contribution in [2.75, 3.05) is 13.2 Å². The Morgan fingerprint density at radius 3 is 2.62 bits per heavy atom. The molecule has 0 radical (unpaired) electrons. The van der Waals surface area contributed by atoms with Gasteiger partial charge in [0, 0.05) is 11.1 Å². The number of carbonyl (C=O) groups excluding carboxylic acids is 2. The van der Waals surface area contributed by atoms with E-state index in [9.17, 15) is 9.59 Å². The maximum atomic E-state index is 12.2. The third-order valence-corrected chi connectivity index (χ3v) is 4.53. The van der Waals surface area contributed by atoms with Crippen LogP contribution >= 0.6 is 11.8 Å². The molecule has 1 amide bonds. The second kappa shape index (κ2) is 8.49. The molecule has 0 aromatic heterocycles. The van der Waals surface area contributed by atoms with Gasteiger partial charge >= 0.3 is 5.97 Å². The Labute approximate surface area is 155 Å². The van der Waals surface area contributed by atoms with Crippen LogP contribution in [0.3, 0.4) is 0 Å². The van der Waals surface area contributed by atoms with E-state index in [1.807, 2.05) is 42.5 Å². The zero-order valence-electron chi connectivity index (χ0n) is 14.2. The zero-order valence-corrected chi connectivity index (χ0v) is 15.0. The van der Waals surface area contributed by atoms with Gasteiger partial charge < -0.3 is 9.47 Å². The van der Waals surface area contributed by atoms with Crippen LogP contribution in [-0.2, 0) is 14.3 Å². The molecule has 0 saturated carbocycles. The Hall–Kier alpha value is -2.86. The third-order valence-electron chi connectivity index (χ3n) is 3.50. The molecule has 0 saturated heterocycles. The third kappa shape index (κ3) is 4.40. The van der Waals surface area contributed by atoms with Crippen LogP contribution in [0.1, 0.15) is 18.1 Å². The maximum Gasteiger partial charge on any atom is 0.344 e. The lowest BCUT2D eigenvalue weighted by Crippen LogP contribution is -2.14. The van der Waals surface area contributed by atoms with Crippen molar-refractivity contribution in [3.8, 4) is 5.75 Å². The molecule has 0 atom stereocenters. The molecule has 1 aliphatic heterocycles. The number of hydrogen-bond donors (Lipinski definition) is 0. The topological polar surface area (TPSA) is 65.0 Å². The van der Waals surface area contributed by atoms with E-state index in [2.05, 4.69) is 4.99 Å². The van der Waals surface area contributed by atoms with Gasteiger partial charge in [0.25, 0.3) is 5.91 Å². The largest absolute Gasteiger partial charge is 0.481 e. The highest BCUT2D eigenvalue weighted by atomic mass is 32.2. The highest BCUT2D eigenvalue weighted by molar-refractivity contribution is 8.19. The average molecular weight is 367 g/mol. The van der Waals surface area contributed by atoms with Gasteiger partial charge in [-0.05, 0) is 19.1 Å². The van der Waals surface area contributed by atoms with Gasteiger partial charge in [-0.15, -0.1) is 0 Å². The number of para-hydroxylation sites is 1. The molecule has 0 spiro atoms. The molecule has 6 heteroatoms. The van der Waals surface area contributed by atoms with Crippen molar-refractivity contribution in [1.82, 2.24) is 0 Å². The highest BCUT2D eigenvalue weighted by Crippen LogP contribution is 2.33. The molecule has 1 aliphatic rings. The first kappa shape index (κ1) is 17.9. The fraction of sp³-hybridized carbons (Fsp3) is 0.150. The Morgan fingerprint density at radius 1 is 1.12 bits per heavy atom. The number of amides is 1. The quantitative estimate of drug-likeness (QED) is 0.575. The van der Waals surface area contributed by atoms with Gasteiger partial charge in [-0.2, -0.15) is 0 Å². The lowest BCUT2D eigenvalue weighted by molar-refractivity contribution is -0.145. The summed E-state index contributed by atoms with van der Waals surface area (Å²) in [5, 5.41) is 0.673. The number of nitrogens with zero attached hydrogens (tertiary/aromatic N) is 1. The van der Waals surface area contributed by atoms with E-state index in [-0.39, 0.29) is 12.5 Å². The van der Waals surface area contributed by atoms with Gasteiger partial charge in [0.1, 0.15) is 10.8 Å². The van der Waals surface area contributed by atoms with E-state index < -0.39 is 5.97 Å². The Morgan fingerprint density at radius 2 is 1.85 bits per heavy atom. The molecule has 0 bridgehead atoms. The minimum atomic E-state index is -0.434. The lowest BCUT2D eigenvalue weighted by atomic mass is 10.2. The smallest absolute Gasteiger partial charge is 0.344 e. The van der Waals surface area contributed by atoms with Gasteiger partial charge in [0.15, 0.2) is 6.61 Å². The van der Waals surface area contributed by atoms with Crippen molar-refractivity contribution >= 4 is 34.8 Å². The van der Waals surface area contributed by atoms with E-state index in [0.717, 1.165) is 5.56 Å². The predicted molar refractivity (Wildman–Crippen MR) is 102 cm³/mol. The molecule has 3 rings (SSSR count). The second-order valence-corrected chi connectivity index (χ2v) is 6.36. The van der Waals surface area contributed by atoms with Crippen LogP contribution in [0.5, 0.6) is 5.75 Å². The summed E-state index contributed by atoms with van der Waals surface area (Å²) in [6.45, 7) is 1.86. The number of ether oxygens (including phenoxy) is 2. The molecule has 0 N–H and O–H groups in total. The fourth-order valence-electron chi connectivity index (χ4n) is 2.33. The molecule has 0 unspecified atom stereocenters. The van der Waals surface area contributed by atoms with Crippen LogP contribution in [0, 0.1) is 0 Å². The Balaban J connectivity index is 1.77. The first-order chi connectivity index (χ1) is 12.7. The highest BCUT2D eigenvalue weighted by Gasteiger charge is 2.23. The van der Waals surface area contributed by atoms with Crippen LogP contribution in [-0.4, -0.2) is 30.1 Å². The number of rotatable bonds is 6. The minimum Gasteiger partial charge on any atom is -0.481 e. The van der Waals surface area contributed by atoms with Crippen LogP contribution in [0.25, 0.3) is 6.08 Å². The Kier molecular flexibility index (Phi) is 5.86. The van der Waals surface area contributed by atoms with Gasteiger partial charge in [-0.3, -0.25) is 4.79 Å². The first-order valence-electron chi connectivity index (χ1n) is 8.13. The molecule has 2 aromatic rings. The molecule has 1 heterocycles. The van der Waals surface area contributed by atoms with Crippen molar-refractivity contribution in [1.29, 1.82) is 0 Å². The molecule has 26 heavy (non-hydrogen) atoms. The van der Waals surface area contributed by atoms with Crippen LogP contribution < -0.4 is 4.74 Å². The summed E-state index contributed by atoms with van der Waals surface area (Å²) in [6, 6.07) is 16.8. The predicted octanol–water partition coefficient (Wildman–Crippen LogP) is 3.69. The summed E-state index contributed by atoms with van der Waals surface area (Å²) in [7, 11) is 0. The molecular formula is C20H17NO4S. The fourth-order valence-corrected chi connectivity index (χ4v) is 3.23. The van der Waals surface area contributed by atoms with Crippen molar-refractivity contribution in [2.45, 2.75) is 6.92 Å². The maximum absolute atomic E-state index is 12.2. The van der Waals surface area contributed by atoms with Gasteiger partial charge in [-0.25, -0.2) is 9.79 Å². The van der Waals surface area contributed by atoms with Crippen molar-refractivity contribution in [2.24, 2.45) is 4.99 Å². The summed E-state index contributed by atoms with van der Waals surface area (Å²) in [4.78, 5) is 28.4. The molecular weight excluding hydrogens is 350 g/mol. The summed E-state index contributed by atoms with van der Waals surface area (Å²) in [5.41, 5.74) is 1.61. The lowest BCUT2D eigenvalue weighted by Gasteiger charge is -2.09. The van der Waals surface area contributed by atoms with Crippen LogP contribution in [0.4, 0.5) is 0 Å². The van der Waals surface area contributed by atoms with E-state index in [4.69, 9.17) is 9.47 Å². The Bertz CT molecular complexity index is 874. The van der Waals surface area contributed by atoms with Gasteiger partial charge in [0.05, 0.1) is 11.5 Å². The monoisotopic (exact) mass is 367 g/mol. The average Bonchev–Trinajstić information content (AvgIpc) is 3.03. The normalized spacial score (nSPS) is 15.0.